The van der Waals surface area contributed by atoms with Crippen LogP contribution >= 0.6 is 0 Å². The molecule has 0 radical (unpaired) electrons. The highest BCUT2D eigenvalue weighted by Crippen LogP contribution is 2.26. The van der Waals surface area contributed by atoms with Crippen LogP contribution in [0.25, 0.3) is 11.1 Å². The Morgan fingerprint density at radius 1 is 1.35 bits per heavy atom. The summed E-state index contributed by atoms with van der Waals surface area (Å²) in [6.07, 6.45) is 3.32. The van der Waals surface area contributed by atoms with Gasteiger partial charge in [-0.2, -0.15) is 0 Å². The van der Waals surface area contributed by atoms with Crippen LogP contribution in [0.4, 0.5) is 4.39 Å². The van der Waals surface area contributed by atoms with E-state index in [2.05, 4.69) is 4.98 Å². The number of aldehydes is 1. The van der Waals surface area contributed by atoms with Gasteiger partial charge < -0.3 is 4.74 Å². The standard InChI is InChI=1S/C13H10FNO2/c1-17-13-3-2-9(6-10(13)8-16)11-4-5-15-7-12(11)14/h2-8H,1H3. The van der Waals surface area contributed by atoms with E-state index in [1.54, 1.807) is 24.3 Å². The largest absolute Gasteiger partial charge is 0.496 e. The van der Waals surface area contributed by atoms with Crippen molar-refractivity contribution < 1.29 is 13.9 Å². The predicted molar refractivity (Wildman–Crippen MR) is 61.6 cm³/mol. The van der Waals surface area contributed by atoms with Gasteiger partial charge in [-0.1, -0.05) is 6.07 Å². The molecule has 0 N–H and O–H groups in total. The van der Waals surface area contributed by atoms with Crippen LogP contribution in [-0.4, -0.2) is 18.4 Å². The van der Waals surface area contributed by atoms with Crippen LogP contribution in [-0.2, 0) is 0 Å². The first kappa shape index (κ1) is 11.3. The highest BCUT2D eigenvalue weighted by atomic mass is 19.1. The Morgan fingerprint density at radius 2 is 2.18 bits per heavy atom. The fraction of sp³-hybridized carbons (Fsp3) is 0.0769. The van der Waals surface area contributed by atoms with E-state index < -0.39 is 5.82 Å². The molecule has 0 spiro atoms. The molecule has 0 bridgehead atoms. The number of nitrogens with zero attached hydrogens (tertiary/aromatic N) is 1. The monoisotopic (exact) mass is 231 g/mol. The van der Waals surface area contributed by atoms with Gasteiger partial charge in [-0.25, -0.2) is 4.39 Å². The van der Waals surface area contributed by atoms with E-state index in [0.717, 1.165) is 6.20 Å². The van der Waals surface area contributed by atoms with E-state index >= 15 is 0 Å². The number of carbonyl (C=O) groups is 1. The third-order valence-corrected chi connectivity index (χ3v) is 2.44. The highest BCUT2D eigenvalue weighted by molar-refractivity contribution is 5.83. The fourth-order valence-electron chi connectivity index (χ4n) is 1.60. The maximum atomic E-state index is 13.5. The van der Waals surface area contributed by atoms with Gasteiger partial charge in [-0.3, -0.25) is 9.78 Å². The lowest BCUT2D eigenvalue weighted by molar-refractivity contribution is 0.112. The number of rotatable bonds is 3. The third-order valence-electron chi connectivity index (χ3n) is 2.44. The summed E-state index contributed by atoms with van der Waals surface area (Å²) in [4.78, 5) is 14.5. The van der Waals surface area contributed by atoms with Crippen LogP contribution in [0.15, 0.2) is 36.7 Å². The number of methoxy groups -OCH3 is 1. The van der Waals surface area contributed by atoms with Crippen molar-refractivity contribution >= 4 is 6.29 Å². The Morgan fingerprint density at radius 3 is 2.82 bits per heavy atom. The van der Waals surface area contributed by atoms with Crippen LogP contribution in [0.5, 0.6) is 5.75 Å². The molecule has 3 nitrogen and oxygen atoms in total. The normalized spacial score (nSPS) is 10.0. The summed E-state index contributed by atoms with van der Waals surface area (Å²) in [5.74, 6) is 0.0488. The molecule has 17 heavy (non-hydrogen) atoms. The first-order chi connectivity index (χ1) is 8.26. The zero-order chi connectivity index (χ0) is 12.3. The number of benzene rings is 1. The molecule has 0 atom stereocenters. The van der Waals surface area contributed by atoms with Crippen molar-refractivity contribution in [2.24, 2.45) is 0 Å². The Hall–Kier alpha value is -2.23. The first-order valence-electron chi connectivity index (χ1n) is 4.99. The van der Waals surface area contributed by atoms with Gasteiger partial charge >= 0.3 is 0 Å². The van der Waals surface area contributed by atoms with Gasteiger partial charge in [0.25, 0.3) is 0 Å². The van der Waals surface area contributed by atoms with Gasteiger partial charge in [0.2, 0.25) is 0 Å². The zero-order valence-electron chi connectivity index (χ0n) is 9.18. The summed E-state index contributed by atoms with van der Waals surface area (Å²) in [5, 5.41) is 0. The molecule has 0 aliphatic rings. The zero-order valence-corrected chi connectivity index (χ0v) is 9.18. The first-order valence-corrected chi connectivity index (χ1v) is 4.99. The van der Waals surface area contributed by atoms with E-state index in [-0.39, 0.29) is 0 Å². The quantitative estimate of drug-likeness (QED) is 0.762. The van der Waals surface area contributed by atoms with Gasteiger partial charge in [0.05, 0.1) is 18.9 Å². The number of halogens is 1. The maximum Gasteiger partial charge on any atom is 0.153 e. The van der Waals surface area contributed by atoms with Gasteiger partial charge in [-0.05, 0) is 23.8 Å². The van der Waals surface area contributed by atoms with E-state index in [9.17, 15) is 9.18 Å². The molecule has 1 heterocycles. The number of aromatic nitrogens is 1. The number of hydrogen-bond acceptors (Lipinski definition) is 3. The van der Waals surface area contributed by atoms with E-state index in [0.29, 0.717) is 28.7 Å². The summed E-state index contributed by atoms with van der Waals surface area (Å²) >= 11 is 0. The van der Waals surface area contributed by atoms with Crippen molar-refractivity contribution in [1.82, 2.24) is 4.98 Å². The SMILES string of the molecule is COc1ccc(-c2ccncc2F)cc1C=O. The van der Waals surface area contributed by atoms with Gasteiger partial charge in [0, 0.05) is 11.8 Å². The minimum atomic E-state index is -0.422. The van der Waals surface area contributed by atoms with Crippen LogP contribution < -0.4 is 4.74 Å². The Kier molecular flexibility index (Phi) is 3.14. The van der Waals surface area contributed by atoms with Crippen LogP contribution in [0, 0.1) is 5.82 Å². The molecule has 0 aliphatic carbocycles. The Bertz CT molecular complexity index is 555. The molecule has 0 saturated heterocycles. The average Bonchev–Trinajstić information content (AvgIpc) is 2.38. The second kappa shape index (κ2) is 4.74. The van der Waals surface area contributed by atoms with Gasteiger partial charge in [-0.15, -0.1) is 0 Å². The van der Waals surface area contributed by atoms with Crippen molar-refractivity contribution in [2.75, 3.05) is 7.11 Å². The smallest absolute Gasteiger partial charge is 0.153 e. The number of hydrogen-bond donors (Lipinski definition) is 0. The minimum absolute atomic E-state index is 0.390. The summed E-state index contributed by atoms with van der Waals surface area (Å²) in [7, 11) is 1.48. The maximum absolute atomic E-state index is 13.5. The summed E-state index contributed by atoms with van der Waals surface area (Å²) in [6.45, 7) is 0. The Labute approximate surface area is 97.9 Å². The van der Waals surface area contributed by atoms with Gasteiger partial charge in [0.15, 0.2) is 6.29 Å². The summed E-state index contributed by atoms with van der Waals surface area (Å²) in [6, 6.07) is 6.49. The topological polar surface area (TPSA) is 39.2 Å². The molecule has 4 heteroatoms. The summed E-state index contributed by atoms with van der Waals surface area (Å²) < 4.78 is 18.5. The van der Waals surface area contributed by atoms with Crippen molar-refractivity contribution in [3.05, 3.63) is 48.0 Å². The van der Waals surface area contributed by atoms with E-state index in [1.165, 1.54) is 13.3 Å². The number of ether oxygens (including phenoxy) is 1. The molecule has 1 aromatic heterocycles. The van der Waals surface area contributed by atoms with Crippen molar-refractivity contribution in [3.63, 3.8) is 0 Å². The molecule has 86 valence electrons. The van der Waals surface area contributed by atoms with Crippen molar-refractivity contribution in [3.8, 4) is 16.9 Å². The van der Waals surface area contributed by atoms with Crippen LogP contribution in [0.3, 0.4) is 0 Å². The minimum Gasteiger partial charge on any atom is -0.496 e. The van der Waals surface area contributed by atoms with Crippen LogP contribution in [0.2, 0.25) is 0 Å². The molecule has 1 aromatic carbocycles. The molecule has 0 saturated carbocycles. The van der Waals surface area contributed by atoms with Crippen LogP contribution in [0.1, 0.15) is 10.4 Å². The predicted octanol–water partition coefficient (Wildman–Crippen LogP) is 2.71. The third kappa shape index (κ3) is 2.15. The molecule has 0 fully saturated rings. The van der Waals surface area contributed by atoms with E-state index in [1.807, 2.05) is 0 Å². The number of carbonyl (C=O) groups excluding carboxylic acids is 1. The molecule has 0 amide bonds. The fourth-order valence-corrected chi connectivity index (χ4v) is 1.60. The summed E-state index contributed by atoms with van der Waals surface area (Å²) in [5.41, 5.74) is 1.42. The van der Waals surface area contributed by atoms with Crippen molar-refractivity contribution in [1.29, 1.82) is 0 Å². The molecule has 0 unspecified atom stereocenters. The van der Waals surface area contributed by atoms with Gasteiger partial charge in [0.1, 0.15) is 11.6 Å². The average molecular weight is 231 g/mol. The molecule has 0 aliphatic heterocycles. The molecular formula is C13H10FNO2. The second-order valence-electron chi connectivity index (χ2n) is 3.43. The Balaban J connectivity index is 2.54. The lowest BCUT2D eigenvalue weighted by Crippen LogP contribution is -1.92. The number of pyridine rings is 1. The van der Waals surface area contributed by atoms with Crippen molar-refractivity contribution in [2.45, 2.75) is 0 Å². The second-order valence-corrected chi connectivity index (χ2v) is 3.43. The molecule has 2 aromatic rings. The molecule has 2 rings (SSSR count). The van der Waals surface area contributed by atoms with E-state index in [4.69, 9.17) is 4.74 Å². The lowest BCUT2D eigenvalue weighted by atomic mass is 10.0. The highest BCUT2D eigenvalue weighted by Gasteiger charge is 2.08. The lowest BCUT2D eigenvalue weighted by Gasteiger charge is -2.07. The molecular weight excluding hydrogens is 221 g/mol.